The summed E-state index contributed by atoms with van der Waals surface area (Å²) in [5, 5.41) is 4.09. The lowest BCUT2D eigenvalue weighted by molar-refractivity contribution is 0.100. The zero-order valence-corrected chi connectivity index (χ0v) is 14.9. The van der Waals surface area contributed by atoms with Gasteiger partial charge in [0.25, 0.3) is 5.91 Å². The van der Waals surface area contributed by atoms with Crippen LogP contribution in [0, 0.1) is 5.82 Å². The van der Waals surface area contributed by atoms with Crippen molar-refractivity contribution in [1.29, 1.82) is 0 Å². The van der Waals surface area contributed by atoms with Gasteiger partial charge in [0.15, 0.2) is 0 Å². The molecule has 3 rings (SSSR count). The van der Waals surface area contributed by atoms with Crippen molar-refractivity contribution in [2.45, 2.75) is 12.6 Å². The van der Waals surface area contributed by atoms with E-state index in [0.29, 0.717) is 17.7 Å². The Morgan fingerprint density at radius 2 is 2.07 bits per heavy atom. The van der Waals surface area contributed by atoms with Crippen LogP contribution in [-0.4, -0.2) is 24.5 Å². The Bertz CT molecular complexity index is 977. The van der Waals surface area contributed by atoms with E-state index in [1.807, 2.05) is 12.1 Å². The van der Waals surface area contributed by atoms with Crippen LogP contribution in [0.25, 0.3) is 10.9 Å². The molecular weight excluding hydrogens is 347 g/mol. The number of nitrogens with zero attached hydrogens (tertiary/aromatic N) is 1. The van der Waals surface area contributed by atoms with Gasteiger partial charge in [-0.3, -0.25) is 9.78 Å². The fraction of sp³-hybridized carbons (Fsp3) is 0.200. The molecule has 140 valence electrons. The molecule has 0 aliphatic rings. The second-order valence-electron chi connectivity index (χ2n) is 6.15. The van der Waals surface area contributed by atoms with Gasteiger partial charge in [0, 0.05) is 30.8 Å². The number of aromatic nitrogens is 1. The largest absolute Gasteiger partial charge is 0.380 e. The van der Waals surface area contributed by atoms with Crippen molar-refractivity contribution >= 4 is 22.5 Å². The van der Waals surface area contributed by atoms with Crippen molar-refractivity contribution in [3.63, 3.8) is 0 Å². The van der Waals surface area contributed by atoms with Crippen LogP contribution >= 0.6 is 0 Å². The van der Waals surface area contributed by atoms with Crippen LogP contribution in [-0.2, 0) is 11.3 Å². The number of benzene rings is 2. The second kappa shape index (κ2) is 8.11. The van der Waals surface area contributed by atoms with Crippen molar-refractivity contribution in [2.75, 3.05) is 19.0 Å². The second-order valence-corrected chi connectivity index (χ2v) is 6.15. The highest BCUT2D eigenvalue weighted by molar-refractivity contribution is 6.08. The van der Waals surface area contributed by atoms with E-state index in [-0.39, 0.29) is 18.4 Å². The van der Waals surface area contributed by atoms with E-state index >= 15 is 0 Å². The maximum Gasteiger partial charge on any atom is 0.250 e. The van der Waals surface area contributed by atoms with Crippen molar-refractivity contribution in [3.8, 4) is 0 Å². The number of rotatable bonds is 7. The van der Waals surface area contributed by atoms with Crippen LogP contribution in [0.3, 0.4) is 0 Å². The number of pyridine rings is 1. The van der Waals surface area contributed by atoms with Crippen LogP contribution in [0.1, 0.15) is 27.5 Å². The molecule has 1 heterocycles. The minimum atomic E-state index is -0.556. The van der Waals surface area contributed by atoms with Crippen molar-refractivity contribution < 1.29 is 13.9 Å². The molecule has 0 fully saturated rings. The van der Waals surface area contributed by atoms with Gasteiger partial charge in [-0.25, -0.2) is 4.39 Å². The summed E-state index contributed by atoms with van der Waals surface area (Å²) >= 11 is 0. The number of anilines is 1. The first-order valence-corrected chi connectivity index (χ1v) is 8.46. The molecule has 5 N–H and O–H groups in total. The number of halogens is 1. The minimum Gasteiger partial charge on any atom is -0.380 e. The number of methoxy groups -OCH3 is 1. The Balaban J connectivity index is 2.14. The van der Waals surface area contributed by atoms with Crippen molar-refractivity contribution in [3.05, 3.63) is 71.2 Å². The zero-order chi connectivity index (χ0) is 19.4. The first-order valence-electron chi connectivity index (χ1n) is 8.46. The van der Waals surface area contributed by atoms with Gasteiger partial charge in [-0.2, -0.15) is 0 Å². The van der Waals surface area contributed by atoms with E-state index in [9.17, 15) is 9.18 Å². The molecule has 7 heteroatoms. The number of nitrogens with one attached hydrogen (secondary N) is 1. The van der Waals surface area contributed by atoms with E-state index in [0.717, 1.165) is 22.2 Å². The predicted octanol–water partition coefficient (Wildman–Crippen LogP) is 2.73. The molecule has 0 aliphatic carbocycles. The molecule has 0 aliphatic heterocycles. The SMILES string of the molecule is COCc1cnc2c(C(N)=O)cccc2c1N[C@H](CN)c1cccc(F)c1. The monoisotopic (exact) mass is 368 g/mol. The number of carbonyl (C=O) groups is 1. The molecule has 0 spiro atoms. The number of amides is 1. The molecule has 27 heavy (non-hydrogen) atoms. The smallest absolute Gasteiger partial charge is 0.250 e. The van der Waals surface area contributed by atoms with E-state index in [1.54, 1.807) is 31.5 Å². The summed E-state index contributed by atoms with van der Waals surface area (Å²) in [7, 11) is 1.58. The van der Waals surface area contributed by atoms with Crippen LogP contribution < -0.4 is 16.8 Å². The number of fused-ring (bicyclic) bond motifs is 1. The summed E-state index contributed by atoms with van der Waals surface area (Å²) in [6.07, 6.45) is 1.64. The third-order valence-corrected chi connectivity index (χ3v) is 4.35. The molecule has 6 nitrogen and oxygen atoms in total. The summed E-state index contributed by atoms with van der Waals surface area (Å²) in [6, 6.07) is 11.2. The van der Waals surface area contributed by atoms with Gasteiger partial charge < -0.3 is 21.5 Å². The number of primary amides is 1. The van der Waals surface area contributed by atoms with E-state index in [1.165, 1.54) is 12.1 Å². The van der Waals surface area contributed by atoms with E-state index in [4.69, 9.17) is 16.2 Å². The molecule has 2 aromatic carbocycles. The summed E-state index contributed by atoms with van der Waals surface area (Å²) in [6.45, 7) is 0.557. The van der Waals surface area contributed by atoms with E-state index in [2.05, 4.69) is 10.3 Å². The number of nitrogens with two attached hydrogens (primary N) is 2. The standard InChI is InChI=1S/C20H21FN4O2/c1-27-11-13-10-24-19-15(6-3-7-16(19)20(23)26)18(13)25-17(9-22)12-4-2-5-14(21)8-12/h2-8,10,17H,9,11,22H2,1H3,(H2,23,26)(H,24,25)/t17-/m1/s1. The molecule has 0 saturated carbocycles. The number of carbonyl (C=O) groups excluding carboxylic acids is 1. The predicted molar refractivity (Wildman–Crippen MR) is 103 cm³/mol. The molecule has 0 unspecified atom stereocenters. The fourth-order valence-electron chi connectivity index (χ4n) is 3.07. The van der Waals surface area contributed by atoms with Gasteiger partial charge in [0.2, 0.25) is 0 Å². The zero-order valence-electron chi connectivity index (χ0n) is 14.9. The number of ether oxygens (including phenoxy) is 1. The summed E-state index contributed by atoms with van der Waals surface area (Å²) < 4.78 is 18.9. The average molecular weight is 368 g/mol. The average Bonchev–Trinajstić information content (AvgIpc) is 2.66. The lowest BCUT2D eigenvalue weighted by Crippen LogP contribution is -2.22. The van der Waals surface area contributed by atoms with Crippen LogP contribution in [0.15, 0.2) is 48.7 Å². The van der Waals surface area contributed by atoms with E-state index < -0.39 is 5.91 Å². The summed E-state index contributed by atoms with van der Waals surface area (Å²) in [5.41, 5.74) is 14.5. The van der Waals surface area contributed by atoms with Gasteiger partial charge >= 0.3 is 0 Å². The molecule has 1 amide bonds. The van der Waals surface area contributed by atoms with Gasteiger partial charge in [-0.05, 0) is 23.8 Å². The number of para-hydroxylation sites is 1. The topological polar surface area (TPSA) is 103 Å². The third kappa shape index (κ3) is 3.89. The molecule has 3 aromatic rings. The fourth-order valence-corrected chi connectivity index (χ4v) is 3.07. The molecule has 0 radical (unpaired) electrons. The van der Waals surface area contributed by atoms with Crippen LogP contribution in [0.5, 0.6) is 0 Å². The molecule has 1 aromatic heterocycles. The quantitative estimate of drug-likeness (QED) is 0.595. The Labute approximate surface area is 156 Å². The van der Waals surface area contributed by atoms with Gasteiger partial charge in [0.1, 0.15) is 5.82 Å². The Morgan fingerprint density at radius 3 is 2.74 bits per heavy atom. The van der Waals surface area contributed by atoms with Crippen molar-refractivity contribution in [1.82, 2.24) is 4.98 Å². The Morgan fingerprint density at radius 1 is 1.30 bits per heavy atom. The minimum absolute atomic E-state index is 0.245. The Hall–Kier alpha value is -3.03. The summed E-state index contributed by atoms with van der Waals surface area (Å²) in [5.74, 6) is -0.889. The first kappa shape index (κ1) is 18.8. The third-order valence-electron chi connectivity index (χ3n) is 4.35. The maximum atomic E-state index is 13.6. The Kier molecular flexibility index (Phi) is 5.63. The lowest BCUT2D eigenvalue weighted by atomic mass is 10.0. The highest BCUT2D eigenvalue weighted by atomic mass is 19.1. The van der Waals surface area contributed by atoms with Crippen LogP contribution in [0.4, 0.5) is 10.1 Å². The normalized spacial score (nSPS) is 12.1. The van der Waals surface area contributed by atoms with Crippen molar-refractivity contribution in [2.24, 2.45) is 11.5 Å². The highest BCUT2D eigenvalue weighted by Gasteiger charge is 2.18. The maximum absolute atomic E-state index is 13.6. The molecular formula is C20H21FN4O2. The van der Waals surface area contributed by atoms with Gasteiger partial charge in [-0.15, -0.1) is 0 Å². The lowest BCUT2D eigenvalue weighted by Gasteiger charge is -2.22. The van der Waals surface area contributed by atoms with Gasteiger partial charge in [0.05, 0.1) is 29.4 Å². The molecule has 0 saturated heterocycles. The number of hydrogen-bond donors (Lipinski definition) is 3. The highest BCUT2D eigenvalue weighted by Crippen LogP contribution is 2.31. The summed E-state index contributed by atoms with van der Waals surface area (Å²) in [4.78, 5) is 16.1. The van der Waals surface area contributed by atoms with Gasteiger partial charge in [-0.1, -0.05) is 24.3 Å². The molecule has 0 bridgehead atoms. The molecule has 1 atom stereocenters. The van der Waals surface area contributed by atoms with Crippen LogP contribution in [0.2, 0.25) is 0 Å². The number of hydrogen-bond acceptors (Lipinski definition) is 5. The first-order chi connectivity index (χ1) is 13.0.